The number of non-ortho nitro benzene ring substituents is 1. The van der Waals surface area contributed by atoms with Gasteiger partial charge in [0.15, 0.2) is 0 Å². The van der Waals surface area contributed by atoms with Gasteiger partial charge in [0, 0.05) is 19.2 Å². The van der Waals surface area contributed by atoms with Crippen molar-refractivity contribution < 1.29 is 24.4 Å². The van der Waals surface area contributed by atoms with E-state index in [1.807, 2.05) is 0 Å². The molecular formula is C10H10N2O6. The largest absolute Gasteiger partial charge is 0.478 e. The molecule has 18 heavy (non-hydrogen) atoms. The van der Waals surface area contributed by atoms with Gasteiger partial charge in [-0.25, -0.2) is 4.79 Å². The highest BCUT2D eigenvalue weighted by Crippen LogP contribution is 2.22. The number of nitrogens with zero attached hydrogens (tertiary/aromatic N) is 1. The third-order valence-corrected chi connectivity index (χ3v) is 1.99. The number of rotatable bonds is 5. The number of nitro groups is 1. The molecule has 1 amide bonds. The van der Waals surface area contributed by atoms with E-state index in [9.17, 15) is 19.7 Å². The first-order valence-electron chi connectivity index (χ1n) is 4.76. The first-order valence-corrected chi connectivity index (χ1v) is 4.76. The van der Waals surface area contributed by atoms with Crippen LogP contribution in [0.2, 0.25) is 0 Å². The van der Waals surface area contributed by atoms with Gasteiger partial charge < -0.3 is 15.2 Å². The maximum Gasteiger partial charge on any atom is 0.337 e. The Bertz CT molecular complexity index is 499. The number of nitro benzene ring substituents is 1. The first-order chi connectivity index (χ1) is 8.45. The van der Waals surface area contributed by atoms with Gasteiger partial charge in [0.05, 0.1) is 16.2 Å². The molecule has 0 aliphatic carbocycles. The first kappa shape index (κ1) is 13.6. The zero-order valence-corrected chi connectivity index (χ0v) is 9.37. The fraction of sp³-hybridized carbons (Fsp3) is 0.200. The molecule has 0 spiro atoms. The molecule has 0 heterocycles. The fourth-order valence-electron chi connectivity index (χ4n) is 1.25. The number of hydrogen-bond donors (Lipinski definition) is 2. The normalized spacial score (nSPS) is 9.83. The molecule has 0 atom stereocenters. The van der Waals surface area contributed by atoms with Gasteiger partial charge in [-0.3, -0.25) is 14.9 Å². The Kier molecular flexibility index (Phi) is 4.33. The summed E-state index contributed by atoms with van der Waals surface area (Å²) in [6.45, 7) is -0.276. The molecular weight excluding hydrogens is 244 g/mol. The number of carboxylic acids is 1. The highest BCUT2D eigenvalue weighted by molar-refractivity contribution is 6.01. The van der Waals surface area contributed by atoms with Crippen molar-refractivity contribution in [1.82, 2.24) is 0 Å². The molecule has 2 N–H and O–H groups in total. The van der Waals surface area contributed by atoms with Crippen molar-refractivity contribution in [3.05, 3.63) is 33.9 Å². The third kappa shape index (κ3) is 3.25. The Labute approximate surface area is 101 Å². The van der Waals surface area contributed by atoms with Gasteiger partial charge in [-0.2, -0.15) is 0 Å². The minimum Gasteiger partial charge on any atom is -0.478 e. The smallest absolute Gasteiger partial charge is 0.337 e. The number of hydrogen-bond acceptors (Lipinski definition) is 5. The predicted molar refractivity (Wildman–Crippen MR) is 60.6 cm³/mol. The van der Waals surface area contributed by atoms with Gasteiger partial charge in [0.25, 0.3) is 5.69 Å². The number of carbonyl (C=O) groups is 2. The number of ether oxygens (including phenoxy) is 1. The van der Waals surface area contributed by atoms with Gasteiger partial charge in [0.2, 0.25) is 5.91 Å². The molecule has 0 unspecified atom stereocenters. The van der Waals surface area contributed by atoms with E-state index in [4.69, 9.17) is 5.11 Å². The minimum absolute atomic E-state index is 0.140. The van der Waals surface area contributed by atoms with E-state index in [-0.39, 0.29) is 23.5 Å². The van der Waals surface area contributed by atoms with Gasteiger partial charge in [-0.05, 0) is 6.07 Å². The molecule has 8 nitrogen and oxygen atoms in total. The van der Waals surface area contributed by atoms with Crippen molar-refractivity contribution in [1.29, 1.82) is 0 Å². The van der Waals surface area contributed by atoms with Crippen LogP contribution in [0.1, 0.15) is 10.4 Å². The molecule has 0 aliphatic heterocycles. The molecule has 1 rings (SSSR count). The number of anilines is 1. The summed E-state index contributed by atoms with van der Waals surface area (Å²) in [6, 6.07) is 3.09. The Morgan fingerprint density at radius 1 is 1.50 bits per heavy atom. The van der Waals surface area contributed by atoms with Crippen LogP contribution in [0.15, 0.2) is 18.2 Å². The summed E-state index contributed by atoms with van der Waals surface area (Å²) >= 11 is 0. The van der Waals surface area contributed by atoms with Crippen LogP contribution in [0.4, 0.5) is 11.4 Å². The van der Waals surface area contributed by atoms with Gasteiger partial charge >= 0.3 is 5.97 Å². The molecule has 8 heteroatoms. The van der Waals surface area contributed by atoms with Crippen molar-refractivity contribution in [2.24, 2.45) is 0 Å². The monoisotopic (exact) mass is 254 g/mol. The molecule has 1 aromatic rings. The fourth-order valence-corrected chi connectivity index (χ4v) is 1.25. The van der Waals surface area contributed by atoms with Crippen LogP contribution in [0.5, 0.6) is 0 Å². The zero-order valence-electron chi connectivity index (χ0n) is 9.37. The average molecular weight is 254 g/mol. The number of benzene rings is 1. The van der Waals surface area contributed by atoms with Crippen molar-refractivity contribution in [3.63, 3.8) is 0 Å². The van der Waals surface area contributed by atoms with Crippen molar-refractivity contribution >= 4 is 23.3 Å². The molecule has 0 aliphatic rings. The average Bonchev–Trinajstić information content (AvgIpc) is 2.28. The second kappa shape index (κ2) is 5.73. The van der Waals surface area contributed by atoms with E-state index in [0.29, 0.717) is 0 Å². The van der Waals surface area contributed by atoms with Gasteiger partial charge in [-0.15, -0.1) is 0 Å². The maximum absolute atomic E-state index is 11.3. The van der Waals surface area contributed by atoms with Crippen LogP contribution >= 0.6 is 0 Å². The van der Waals surface area contributed by atoms with E-state index >= 15 is 0 Å². The SMILES string of the molecule is COCC(=O)Nc1cc([N+](=O)[O-])ccc1C(=O)O. The molecule has 0 radical (unpaired) electrons. The highest BCUT2D eigenvalue weighted by Gasteiger charge is 2.16. The van der Waals surface area contributed by atoms with E-state index in [0.717, 1.165) is 18.2 Å². The molecule has 0 saturated heterocycles. The van der Waals surface area contributed by atoms with Gasteiger partial charge in [-0.1, -0.05) is 0 Å². The number of nitrogens with one attached hydrogen (secondary N) is 1. The van der Waals surface area contributed by atoms with Crippen LogP contribution in [-0.2, 0) is 9.53 Å². The van der Waals surface area contributed by atoms with E-state index in [1.54, 1.807) is 0 Å². The number of amides is 1. The minimum atomic E-state index is -1.29. The van der Waals surface area contributed by atoms with E-state index < -0.39 is 16.8 Å². The van der Waals surface area contributed by atoms with E-state index in [2.05, 4.69) is 10.1 Å². The van der Waals surface area contributed by atoms with Crippen molar-refractivity contribution in [3.8, 4) is 0 Å². The van der Waals surface area contributed by atoms with Crippen LogP contribution < -0.4 is 5.32 Å². The number of methoxy groups -OCH3 is 1. The Morgan fingerprint density at radius 3 is 2.67 bits per heavy atom. The van der Waals surface area contributed by atoms with Crippen LogP contribution in [0.3, 0.4) is 0 Å². The Hall–Kier alpha value is -2.48. The lowest BCUT2D eigenvalue weighted by Crippen LogP contribution is -2.19. The second-order valence-corrected chi connectivity index (χ2v) is 3.27. The van der Waals surface area contributed by atoms with E-state index in [1.165, 1.54) is 7.11 Å². The molecule has 0 saturated carbocycles. The number of aromatic carboxylic acids is 1. The molecule has 0 aromatic heterocycles. The molecule has 96 valence electrons. The maximum atomic E-state index is 11.3. The third-order valence-electron chi connectivity index (χ3n) is 1.99. The summed E-state index contributed by atoms with van der Waals surface area (Å²) in [6.07, 6.45) is 0. The lowest BCUT2D eigenvalue weighted by atomic mass is 10.1. The lowest BCUT2D eigenvalue weighted by Gasteiger charge is -2.07. The Morgan fingerprint density at radius 2 is 2.17 bits per heavy atom. The lowest BCUT2D eigenvalue weighted by molar-refractivity contribution is -0.384. The predicted octanol–water partition coefficient (Wildman–Crippen LogP) is 0.878. The van der Waals surface area contributed by atoms with Crippen molar-refractivity contribution in [2.75, 3.05) is 19.0 Å². The summed E-state index contributed by atoms with van der Waals surface area (Å²) in [5.74, 6) is -1.89. The summed E-state index contributed by atoms with van der Waals surface area (Å²) < 4.78 is 4.56. The summed E-state index contributed by atoms with van der Waals surface area (Å²) in [5.41, 5.74) is -0.684. The highest BCUT2D eigenvalue weighted by atomic mass is 16.6. The standard InChI is InChI=1S/C10H10N2O6/c1-18-5-9(13)11-8-4-6(12(16)17)2-3-7(8)10(14)15/h2-4H,5H2,1H3,(H,11,13)(H,14,15). The number of carboxylic acid groups (broad SMARTS) is 1. The summed E-state index contributed by atoms with van der Waals surface area (Å²) in [5, 5.41) is 21.7. The molecule has 0 fully saturated rings. The number of carbonyl (C=O) groups excluding carboxylic acids is 1. The zero-order chi connectivity index (χ0) is 13.7. The Balaban J connectivity index is 3.11. The second-order valence-electron chi connectivity index (χ2n) is 3.27. The van der Waals surface area contributed by atoms with Crippen LogP contribution in [-0.4, -0.2) is 35.6 Å². The van der Waals surface area contributed by atoms with Crippen LogP contribution in [0, 0.1) is 10.1 Å². The summed E-state index contributed by atoms with van der Waals surface area (Å²) in [7, 11) is 1.30. The quantitative estimate of drug-likeness (QED) is 0.594. The molecule has 0 bridgehead atoms. The molecule has 1 aromatic carbocycles. The van der Waals surface area contributed by atoms with Crippen molar-refractivity contribution in [2.45, 2.75) is 0 Å². The summed E-state index contributed by atoms with van der Waals surface area (Å²) in [4.78, 5) is 32.0. The van der Waals surface area contributed by atoms with Gasteiger partial charge in [0.1, 0.15) is 6.61 Å². The topological polar surface area (TPSA) is 119 Å². The van der Waals surface area contributed by atoms with Crippen LogP contribution in [0.25, 0.3) is 0 Å².